The fraction of sp³-hybridized carbons (Fsp3) is 0.476. The average molecular weight is 363 g/mol. The Morgan fingerprint density at radius 1 is 1.19 bits per heavy atom. The van der Waals surface area contributed by atoms with Gasteiger partial charge in [-0.05, 0) is 50.7 Å². The molecule has 0 bridgehead atoms. The Morgan fingerprint density at radius 2 is 2.04 bits per heavy atom. The predicted molar refractivity (Wildman–Crippen MR) is 104 cm³/mol. The minimum atomic E-state index is 0.133. The van der Waals surface area contributed by atoms with Gasteiger partial charge in [-0.1, -0.05) is 12.1 Å². The Kier molecular flexibility index (Phi) is 3.99. The summed E-state index contributed by atoms with van der Waals surface area (Å²) in [5, 5.41) is 4.62. The smallest absolute Gasteiger partial charge is 0.272 e. The van der Waals surface area contributed by atoms with Gasteiger partial charge in [-0.2, -0.15) is 5.10 Å². The lowest BCUT2D eigenvalue weighted by Gasteiger charge is -2.32. The maximum atomic E-state index is 13.3. The number of nitrogens with one attached hydrogen (secondary N) is 1. The quantitative estimate of drug-likeness (QED) is 0.760. The molecule has 1 fully saturated rings. The van der Waals surface area contributed by atoms with E-state index in [1.165, 1.54) is 12.0 Å². The Bertz CT molecular complexity index is 968. The molecule has 27 heavy (non-hydrogen) atoms. The number of nitrogens with zero attached hydrogens (tertiary/aromatic N) is 4. The van der Waals surface area contributed by atoms with Gasteiger partial charge in [-0.15, -0.1) is 0 Å². The van der Waals surface area contributed by atoms with Gasteiger partial charge in [0.15, 0.2) is 0 Å². The maximum Gasteiger partial charge on any atom is 0.272 e. The Balaban J connectivity index is 1.41. The molecule has 1 aliphatic carbocycles. The third kappa shape index (κ3) is 2.83. The zero-order chi connectivity index (χ0) is 18.4. The van der Waals surface area contributed by atoms with Gasteiger partial charge in [0.2, 0.25) is 0 Å². The van der Waals surface area contributed by atoms with Crippen molar-refractivity contribution in [2.24, 2.45) is 7.05 Å². The standard InChI is InChI=1S/C21H25N5O/c1-25-19(15-8-2-3-9-16(15)24-25)21(27)26-12-6-7-14(13-26)20-22-17-10-4-5-11-18(17)23-20/h4-5,10-11,14H,2-3,6-9,12-13H2,1H3,(H,22,23)/t14-/m0/s1. The monoisotopic (exact) mass is 363 g/mol. The summed E-state index contributed by atoms with van der Waals surface area (Å²) in [4.78, 5) is 23.6. The van der Waals surface area contributed by atoms with Gasteiger partial charge in [0.1, 0.15) is 11.5 Å². The van der Waals surface area contributed by atoms with E-state index in [1.54, 1.807) is 0 Å². The van der Waals surface area contributed by atoms with E-state index < -0.39 is 0 Å². The fourth-order valence-corrected chi connectivity index (χ4v) is 4.65. The minimum Gasteiger partial charge on any atom is -0.342 e. The molecule has 1 aliphatic heterocycles. The van der Waals surface area contributed by atoms with E-state index in [1.807, 2.05) is 34.8 Å². The number of carbonyl (C=O) groups excluding carboxylic acids is 1. The van der Waals surface area contributed by atoms with Crippen LogP contribution in [0.15, 0.2) is 24.3 Å². The number of piperidine rings is 1. The first-order chi connectivity index (χ1) is 13.2. The number of para-hydroxylation sites is 2. The summed E-state index contributed by atoms with van der Waals surface area (Å²) in [6, 6.07) is 8.12. The van der Waals surface area contributed by atoms with E-state index in [2.05, 4.69) is 16.1 Å². The number of imidazole rings is 1. The second-order valence-electron chi connectivity index (χ2n) is 7.83. The Hall–Kier alpha value is -2.63. The lowest BCUT2D eigenvalue weighted by Crippen LogP contribution is -2.40. The van der Waals surface area contributed by atoms with Gasteiger partial charge >= 0.3 is 0 Å². The van der Waals surface area contributed by atoms with Crippen molar-refractivity contribution in [2.45, 2.75) is 44.4 Å². The number of amides is 1. The number of aromatic nitrogens is 4. The SMILES string of the molecule is Cn1nc2c(c1C(=O)N1CCC[C@H](c3nc4ccccc4[nH]3)C1)CCCC2. The second-order valence-corrected chi connectivity index (χ2v) is 7.83. The summed E-state index contributed by atoms with van der Waals surface area (Å²) in [6.45, 7) is 1.54. The van der Waals surface area contributed by atoms with Crippen LogP contribution in [0.5, 0.6) is 0 Å². The molecule has 1 amide bonds. The zero-order valence-corrected chi connectivity index (χ0v) is 15.7. The van der Waals surface area contributed by atoms with E-state index in [-0.39, 0.29) is 11.8 Å². The van der Waals surface area contributed by atoms with E-state index in [4.69, 9.17) is 4.98 Å². The normalized spacial score (nSPS) is 20.0. The van der Waals surface area contributed by atoms with Crippen LogP contribution in [-0.4, -0.2) is 43.6 Å². The van der Waals surface area contributed by atoms with Crippen molar-refractivity contribution in [3.05, 3.63) is 47.0 Å². The molecule has 1 atom stereocenters. The first-order valence-corrected chi connectivity index (χ1v) is 9.99. The Labute approximate surface area is 158 Å². The highest BCUT2D eigenvalue weighted by molar-refractivity contribution is 5.94. The number of aromatic amines is 1. The number of rotatable bonds is 2. The molecular weight excluding hydrogens is 338 g/mol. The van der Waals surface area contributed by atoms with Gasteiger partial charge < -0.3 is 9.88 Å². The number of H-pyrrole nitrogens is 1. The van der Waals surface area contributed by atoms with E-state index in [0.29, 0.717) is 0 Å². The average Bonchev–Trinajstić information content (AvgIpc) is 3.27. The third-order valence-corrected chi connectivity index (χ3v) is 6.02. The summed E-state index contributed by atoms with van der Waals surface area (Å²) in [5.41, 5.74) is 5.17. The van der Waals surface area contributed by atoms with Crippen LogP contribution >= 0.6 is 0 Å². The number of likely N-dealkylation sites (tertiary alicyclic amines) is 1. The lowest BCUT2D eigenvalue weighted by atomic mass is 9.94. The molecule has 140 valence electrons. The van der Waals surface area contributed by atoms with Crippen molar-refractivity contribution in [1.82, 2.24) is 24.6 Å². The van der Waals surface area contributed by atoms with Gasteiger partial charge in [-0.3, -0.25) is 9.48 Å². The molecular formula is C21H25N5O. The molecule has 0 radical (unpaired) electrons. The van der Waals surface area contributed by atoms with Crippen LogP contribution in [0, 0.1) is 0 Å². The molecule has 0 unspecified atom stereocenters. The lowest BCUT2D eigenvalue weighted by molar-refractivity contribution is 0.0692. The molecule has 6 heteroatoms. The highest BCUT2D eigenvalue weighted by atomic mass is 16.2. The molecule has 0 spiro atoms. The van der Waals surface area contributed by atoms with Gasteiger partial charge in [0.05, 0.1) is 16.7 Å². The largest absolute Gasteiger partial charge is 0.342 e. The number of hydrogen-bond acceptors (Lipinski definition) is 3. The summed E-state index contributed by atoms with van der Waals surface area (Å²) < 4.78 is 1.81. The molecule has 1 aromatic carbocycles. The number of aryl methyl sites for hydroxylation is 2. The van der Waals surface area contributed by atoms with E-state index >= 15 is 0 Å². The molecule has 2 aromatic heterocycles. The first-order valence-electron chi connectivity index (χ1n) is 9.99. The third-order valence-electron chi connectivity index (χ3n) is 6.02. The summed E-state index contributed by atoms with van der Waals surface area (Å²) in [5.74, 6) is 1.40. The fourth-order valence-electron chi connectivity index (χ4n) is 4.65. The number of fused-ring (bicyclic) bond motifs is 2. The molecule has 1 N–H and O–H groups in total. The number of benzene rings is 1. The maximum absolute atomic E-state index is 13.3. The summed E-state index contributed by atoms with van der Waals surface area (Å²) >= 11 is 0. The van der Waals surface area contributed by atoms with Gasteiger partial charge in [0.25, 0.3) is 5.91 Å². The van der Waals surface area contributed by atoms with E-state index in [0.717, 1.165) is 73.4 Å². The highest BCUT2D eigenvalue weighted by Crippen LogP contribution is 2.30. The summed E-state index contributed by atoms with van der Waals surface area (Å²) in [6.07, 6.45) is 6.37. The molecule has 2 aliphatic rings. The molecule has 3 heterocycles. The van der Waals surface area contributed by atoms with Crippen molar-refractivity contribution in [2.75, 3.05) is 13.1 Å². The highest BCUT2D eigenvalue weighted by Gasteiger charge is 2.31. The van der Waals surface area contributed by atoms with Crippen molar-refractivity contribution < 1.29 is 4.79 Å². The molecule has 5 rings (SSSR count). The van der Waals surface area contributed by atoms with Gasteiger partial charge in [0, 0.05) is 31.6 Å². The number of carbonyl (C=O) groups is 1. The molecule has 6 nitrogen and oxygen atoms in total. The van der Waals surface area contributed by atoms with Crippen molar-refractivity contribution in [3.8, 4) is 0 Å². The van der Waals surface area contributed by atoms with Crippen LogP contribution in [0.4, 0.5) is 0 Å². The van der Waals surface area contributed by atoms with Crippen molar-refractivity contribution >= 4 is 16.9 Å². The Morgan fingerprint density at radius 3 is 2.93 bits per heavy atom. The summed E-state index contributed by atoms with van der Waals surface area (Å²) in [7, 11) is 1.91. The topological polar surface area (TPSA) is 66.8 Å². The predicted octanol–water partition coefficient (Wildman–Crippen LogP) is 3.20. The molecule has 0 saturated carbocycles. The van der Waals surface area contributed by atoms with Crippen LogP contribution in [0.25, 0.3) is 11.0 Å². The van der Waals surface area contributed by atoms with Crippen molar-refractivity contribution in [1.29, 1.82) is 0 Å². The minimum absolute atomic E-state index is 0.133. The van der Waals surface area contributed by atoms with Crippen molar-refractivity contribution in [3.63, 3.8) is 0 Å². The number of hydrogen-bond donors (Lipinski definition) is 1. The zero-order valence-electron chi connectivity index (χ0n) is 15.7. The van der Waals surface area contributed by atoms with Crippen LogP contribution in [-0.2, 0) is 19.9 Å². The molecule has 3 aromatic rings. The van der Waals surface area contributed by atoms with Crippen LogP contribution in [0.1, 0.15) is 59.2 Å². The molecule has 1 saturated heterocycles. The first kappa shape index (κ1) is 16.5. The van der Waals surface area contributed by atoms with Crippen LogP contribution < -0.4 is 0 Å². The van der Waals surface area contributed by atoms with E-state index in [9.17, 15) is 4.79 Å². The van der Waals surface area contributed by atoms with Crippen LogP contribution in [0.3, 0.4) is 0 Å². The van der Waals surface area contributed by atoms with Crippen LogP contribution in [0.2, 0.25) is 0 Å². The van der Waals surface area contributed by atoms with Gasteiger partial charge in [-0.25, -0.2) is 4.98 Å². The second kappa shape index (κ2) is 6.51.